The molecule has 0 saturated heterocycles. The van der Waals surface area contributed by atoms with Crippen molar-refractivity contribution in [2.45, 2.75) is 19.9 Å². The maximum atomic E-state index is 10.9. The van der Waals surface area contributed by atoms with Gasteiger partial charge in [-0.05, 0) is 31.5 Å². The van der Waals surface area contributed by atoms with Gasteiger partial charge >= 0.3 is 5.97 Å². The first-order valence-electron chi connectivity index (χ1n) is 5.82. The quantitative estimate of drug-likeness (QED) is 0.823. The van der Waals surface area contributed by atoms with Crippen LogP contribution in [0.1, 0.15) is 22.6 Å². The fraction of sp³-hybridized carbons (Fsp3) is 0.385. The van der Waals surface area contributed by atoms with Crippen molar-refractivity contribution in [2.75, 3.05) is 13.7 Å². The first-order chi connectivity index (χ1) is 8.63. The van der Waals surface area contributed by atoms with Crippen LogP contribution in [-0.2, 0) is 11.3 Å². The Hall–Kier alpha value is -1.88. The van der Waals surface area contributed by atoms with Gasteiger partial charge in [0, 0.05) is 20.3 Å². The molecule has 0 aliphatic carbocycles. The van der Waals surface area contributed by atoms with E-state index in [2.05, 4.69) is 9.55 Å². The summed E-state index contributed by atoms with van der Waals surface area (Å²) in [5.41, 5.74) is 1.96. The van der Waals surface area contributed by atoms with Crippen LogP contribution in [0.5, 0.6) is 0 Å². The number of aromatic carboxylic acids is 1. The summed E-state index contributed by atoms with van der Waals surface area (Å²) in [7, 11) is 1.68. The topological polar surface area (TPSA) is 64.4 Å². The predicted octanol–water partition coefficient (Wildman–Crippen LogP) is 2.08. The fourth-order valence-corrected chi connectivity index (χ4v) is 2.03. The normalized spacial score (nSPS) is 11.0. The first kappa shape index (κ1) is 12.6. The minimum Gasteiger partial charge on any atom is -0.478 e. The standard InChI is InChI=1S/C13H16N2O3/c1-9-14-11-8-10(13(16)17)4-5-12(11)15(9)6-3-7-18-2/h4-5,8H,3,6-7H2,1-2H3,(H,16,17). The van der Waals surface area contributed by atoms with Gasteiger partial charge in [0.15, 0.2) is 0 Å². The number of carbonyl (C=O) groups is 1. The van der Waals surface area contributed by atoms with Crippen LogP contribution in [0.15, 0.2) is 18.2 Å². The van der Waals surface area contributed by atoms with E-state index in [1.165, 1.54) is 0 Å². The van der Waals surface area contributed by atoms with Gasteiger partial charge in [0.05, 0.1) is 16.6 Å². The van der Waals surface area contributed by atoms with Crippen LogP contribution in [-0.4, -0.2) is 34.3 Å². The number of benzene rings is 1. The number of rotatable bonds is 5. The fourth-order valence-electron chi connectivity index (χ4n) is 2.03. The van der Waals surface area contributed by atoms with E-state index in [0.29, 0.717) is 6.61 Å². The second-order valence-electron chi connectivity index (χ2n) is 4.17. The Labute approximate surface area is 105 Å². The van der Waals surface area contributed by atoms with Gasteiger partial charge in [0.25, 0.3) is 0 Å². The maximum Gasteiger partial charge on any atom is 0.335 e. The number of carboxylic acid groups (broad SMARTS) is 1. The highest BCUT2D eigenvalue weighted by molar-refractivity contribution is 5.92. The van der Waals surface area contributed by atoms with Crippen molar-refractivity contribution in [3.05, 3.63) is 29.6 Å². The summed E-state index contributed by atoms with van der Waals surface area (Å²) in [6.45, 7) is 3.45. The number of carboxylic acids is 1. The Bertz CT molecular complexity index is 575. The number of aromatic nitrogens is 2. The van der Waals surface area contributed by atoms with Gasteiger partial charge < -0.3 is 14.4 Å². The van der Waals surface area contributed by atoms with Crippen molar-refractivity contribution in [2.24, 2.45) is 0 Å². The average molecular weight is 248 g/mol. The van der Waals surface area contributed by atoms with E-state index in [4.69, 9.17) is 9.84 Å². The highest BCUT2D eigenvalue weighted by atomic mass is 16.5. The predicted molar refractivity (Wildman–Crippen MR) is 67.9 cm³/mol. The summed E-state index contributed by atoms with van der Waals surface area (Å²) in [6, 6.07) is 5.03. The van der Waals surface area contributed by atoms with Crippen LogP contribution < -0.4 is 0 Å². The number of aryl methyl sites for hydroxylation is 2. The van der Waals surface area contributed by atoms with Crippen molar-refractivity contribution in [1.82, 2.24) is 9.55 Å². The number of methoxy groups -OCH3 is 1. The zero-order valence-corrected chi connectivity index (χ0v) is 10.5. The van der Waals surface area contributed by atoms with Crippen LogP contribution in [0.4, 0.5) is 0 Å². The molecule has 0 fully saturated rings. The molecule has 2 rings (SSSR count). The summed E-state index contributed by atoms with van der Waals surface area (Å²) in [6.07, 6.45) is 0.906. The summed E-state index contributed by atoms with van der Waals surface area (Å²) in [5.74, 6) is -0.0351. The van der Waals surface area contributed by atoms with Gasteiger partial charge in [-0.3, -0.25) is 0 Å². The summed E-state index contributed by atoms with van der Waals surface area (Å²) in [4.78, 5) is 15.3. The molecule has 0 radical (unpaired) electrons. The first-order valence-corrected chi connectivity index (χ1v) is 5.82. The van der Waals surface area contributed by atoms with Crippen LogP contribution in [0.25, 0.3) is 11.0 Å². The van der Waals surface area contributed by atoms with E-state index < -0.39 is 5.97 Å². The largest absolute Gasteiger partial charge is 0.478 e. The highest BCUT2D eigenvalue weighted by Gasteiger charge is 2.10. The van der Waals surface area contributed by atoms with Crippen LogP contribution in [0, 0.1) is 6.92 Å². The lowest BCUT2D eigenvalue weighted by Crippen LogP contribution is -2.03. The average Bonchev–Trinajstić information content (AvgIpc) is 2.65. The summed E-state index contributed by atoms with van der Waals surface area (Å²) < 4.78 is 7.11. The maximum absolute atomic E-state index is 10.9. The summed E-state index contributed by atoms with van der Waals surface area (Å²) in [5, 5.41) is 8.94. The number of nitrogens with zero attached hydrogens (tertiary/aromatic N) is 2. The molecule has 0 saturated carbocycles. The lowest BCUT2D eigenvalue weighted by molar-refractivity contribution is 0.0697. The van der Waals surface area contributed by atoms with Crippen molar-refractivity contribution >= 4 is 17.0 Å². The van der Waals surface area contributed by atoms with E-state index >= 15 is 0 Å². The monoisotopic (exact) mass is 248 g/mol. The second-order valence-corrected chi connectivity index (χ2v) is 4.17. The van der Waals surface area contributed by atoms with E-state index in [1.54, 1.807) is 19.2 Å². The smallest absolute Gasteiger partial charge is 0.335 e. The van der Waals surface area contributed by atoms with Crippen LogP contribution in [0.2, 0.25) is 0 Å². The Balaban J connectivity index is 2.36. The van der Waals surface area contributed by atoms with Gasteiger partial charge in [0.2, 0.25) is 0 Å². The third kappa shape index (κ3) is 2.36. The van der Waals surface area contributed by atoms with Crippen LogP contribution >= 0.6 is 0 Å². The second kappa shape index (κ2) is 5.18. The Morgan fingerprint density at radius 3 is 2.94 bits per heavy atom. The molecule has 1 aromatic heterocycles. The molecule has 0 aliphatic rings. The van der Waals surface area contributed by atoms with E-state index in [9.17, 15) is 4.79 Å². The number of hydrogen-bond donors (Lipinski definition) is 1. The van der Waals surface area contributed by atoms with Gasteiger partial charge in [-0.1, -0.05) is 0 Å². The Morgan fingerprint density at radius 1 is 1.50 bits per heavy atom. The molecule has 18 heavy (non-hydrogen) atoms. The molecule has 2 aromatic rings. The number of ether oxygens (including phenoxy) is 1. The molecular weight excluding hydrogens is 232 g/mol. The van der Waals surface area contributed by atoms with Crippen molar-refractivity contribution in [3.63, 3.8) is 0 Å². The lowest BCUT2D eigenvalue weighted by atomic mass is 10.2. The zero-order valence-electron chi connectivity index (χ0n) is 10.5. The lowest BCUT2D eigenvalue weighted by Gasteiger charge is -2.06. The molecule has 5 heteroatoms. The molecule has 96 valence electrons. The van der Waals surface area contributed by atoms with Gasteiger partial charge in [-0.15, -0.1) is 0 Å². The van der Waals surface area contributed by atoms with Crippen molar-refractivity contribution < 1.29 is 14.6 Å². The third-order valence-corrected chi connectivity index (χ3v) is 2.92. The number of hydrogen-bond acceptors (Lipinski definition) is 3. The molecule has 0 unspecified atom stereocenters. The summed E-state index contributed by atoms with van der Waals surface area (Å²) >= 11 is 0. The number of fused-ring (bicyclic) bond motifs is 1. The van der Waals surface area contributed by atoms with E-state index in [-0.39, 0.29) is 5.56 Å². The van der Waals surface area contributed by atoms with Gasteiger partial charge in [-0.25, -0.2) is 9.78 Å². The van der Waals surface area contributed by atoms with Crippen LogP contribution in [0.3, 0.4) is 0 Å². The molecule has 0 bridgehead atoms. The SMILES string of the molecule is COCCCn1c(C)nc2cc(C(=O)O)ccc21. The molecule has 0 spiro atoms. The number of imidazole rings is 1. The minimum atomic E-state index is -0.927. The molecule has 0 atom stereocenters. The molecule has 1 aromatic carbocycles. The van der Waals surface area contributed by atoms with Crippen molar-refractivity contribution in [1.29, 1.82) is 0 Å². The molecule has 0 aliphatic heterocycles. The molecule has 5 nitrogen and oxygen atoms in total. The Kier molecular flexibility index (Phi) is 3.62. The zero-order chi connectivity index (χ0) is 13.1. The van der Waals surface area contributed by atoms with Crippen molar-refractivity contribution in [3.8, 4) is 0 Å². The molecule has 0 amide bonds. The molecular formula is C13H16N2O3. The van der Waals surface area contributed by atoms with Gasteiger partial charge in [-0.2, -0.15) is 0 Å². The molecule has 1 heterocycles. The van der Waals surface area contributed by atoms with E-state index in [0.717, 1.165) is 29.8 Å². The van der Waals surface area contributed by atoms with Gasteiger partial charge in [0.1, 0.15) is 5.82 Å². The Morgan fingerprint density at radius 2 is 2.28 bits per heavy atom. The van der Waals surface area contributed by atoms with E-state index in [1.807, 2.05) is 13.0 Å². The third-order valence-electron chi connectivity index (χ3n) is 2.92. The minimum absolute atomic E-state index is 0.268. The molecule has 1 N–H and O–H groups in total. The highest BCUT2D eigenvalue weighted by Crippen LogP contribution is 2.18.